The molecule has 0 aliphatic carbocycles. The van der Waals surface area contributed by atoms with E-state index < -0.39 is 5.97 Å². The third-order valence-corrected chi connectivity index (χ3v) is 2.82. The Morgan fingerprint density at radius 2 is 2.25 bits per heavy atom. The van der Waals surface area contributed by atoms with Gasteiger partial charge >= 0.3 is 5.97 Å². The maximum atomic E-state index is 11.6. The summed E-state index contributed by atoms with van der Waals surface area (Å²) in [6.07, 6.45) is 5.45. The molecular formula is C13H16N4O3. The van der Waals surface area contributed by atoms with Gasteiger partial charge < -0.3 is 19.6 Å². The highest BCUT2D eigenvalue weighted by atomic mass is 16.5. The number of hydrogen-bond donors (Lipinski definition) is 1. The smallest absolute Gasteiger partial charge is 0.326 e. The first-order valence-electron chi connectivity index (χ1n) is 6.14. The quantitative estimate of drug-likeness (QED) is 0.773. The van der Waals surface area contributed by atoms with Crippen LogP contribution in [0, 0.1) is 0 Å². The van der Waals surface area contributed by atoms with E-state index in [1.807, 2.05) is 17.8 Å². The van der Waals surface area contributed by atoms with Crippen molar-refractivity contribution in [2.45, 2.75) is 13.0 Å². The molecule has 0 aliphatic heterocycles. The van der Waals surface area contributed by atoms with Crippen LogP contribution in [0.4, 0.5) is 5.69 Å². The van der Waals surface area contributed by atoms with Crippen molar-refractivity contribution in [3.63, 3.8) is 0 Å². The van der Waals surface area contributed by atoms with E-state index in [2.05, 4.69) is 4.98 Å². The second-order valence-corrected chi connectivity index (χ2v) is 4.35. The van der Waals surface area contributed by atoms with E-state index in [-0.39, 0.29) is 18.7 Å². The third-order valence-electron chi connectivity index (χ3n) is 2.82. The number of nitrogens with two attached hydrogens (primary N) is 1. The molecule has 2 rings (SSSR count). The molecule has 7 nitrogen and oxygen atoms in total. The number of rotatable bonds is 5. The summed E-state index contributed by atoms with van der Waals surface area (Å²) in [7, 11) is 1.87. The Bertz CT molecular complexity index is 660. The zero-order valence-corrected chi connectivity index (χ0v) is 11.2. The van der Waals surface area contributed by atoms with E-state index in [0.717, 1.165) is 5.82 Å². The first-order valence-corrected chi connectivity index (χ1v) is 6.14. The Morgan fingerprint density at radius 3 is 2.95 bits per heavy atom. The summed E-state index contributed by atoms with van der Waals surface area (Å²) in [6.45, 7) is 0.0746. The minimum atomic E-state index is -0.480. The molecule has 0 aromatic carbocycles. The fourth-order valence-corrected chi connectivity index (χ4v) is 1.75. The van der Waals surface area contributed by atoms with Gasteiger partial charge in [-0.25, -0.2) is 4.98 Å². The number of imidazole rings is 1. The first kappa shape index (κ1) is 13.9. The van der Waals surface area contributed by atoms with Crippen LogP contribution in [0.5, 0.6) is 0 Å². The zero-order valence-electron chi connectivity index (χ0n) is 11.2. The Balaban J connectivity index is 1.85. The molecule has 2 heterocycles. The van der Waals surface area contributed by atoms with Gasteiger partial charge in [0.25, 0.3) is 5.56 Å². The van der Waals surface area contributed by atoms with Gasteiger partial charge in [-0.3, -0.25) is 9.59 Å². The van der Waals surface area contributed by atoms with Crippen molar-refractivity contribution in [1.82, 2.24) is 14.1 Å². The summed E-state index contributed by atoms with van der Waals surface area (Å²) < 4.78 is 8.15. The van der Waals surface area contributed by atoms with E-state index in [1.165, 1.54) is 22.9 Å². The number of ether oxygens (including phenoxy) is 1. The van der Waals surface area contributed by atoms with Gasteiger partial charge in [0.15, 0.2) is 0 Å². The van der Waals surface area contributed by atoms with Crippen molar-refractivity contribution in [3.05, 3.63) is 46.9 Å². The number of carbonyl (C=O) groups excluding carboxylic acids is 1. The van der Waals surface area contributed by atoms with E-state index >= 15 is 0 Å². The lowest BCUT2D eigenvalue weighted by Crippen LogP contribution is -2.25. The second-order valence-electron chi connectivity index (χ2n) is 4.35. The van der Waals surface area contributed by atoms with Crippen LogP contribution in [-0.2, 0) is 29.5 Å². The molecule has 0 unspecified atom stereocenters. The highest BCUT2D eigenvalue weighted by molar-refractivity contribution is 5.69. The van der Waals surface area contributed by atoms with E-state index in [0.29, 0.717) is 12.1 Å². The topological polar surface area (TPSA) is 92.1 Å². The van der Waals surface area contributed by atoms with Crippen LogP contribution in [-0.4, -0.2) is 26.7 Å². The standard InChI is InChI=1S/C13H16N4O3/c1-16-6-5-15-11(16)4-7-20-13(19)9-17-8-10(14)2-3-12(17)18/h2-3,5-6,8H,4,7,9,14H2,1H3. The van der Waals surface area contributed by atoms with Crippen LogP contribution >= 0.6 is 0 Å². The summed E-state index contributed by atoms with van der Waals surface area (Å²) in [6, 6.07) is 2.81. The Hall–Kier alpha value is -2.57. The molecular weight excluding hydrogens is 260 g/mol. The van der Waals surface area contributed by atoms with E-state index in [4.69, 9.17) is 10.5 Å². The first-order chi connectivity index (χ1) is 9.56. The largest absolute Gasteiger partial charge is 0.464 e. The van der Waals surface area contributed by atoms with Gasteiger partial charge in [-0.1, -0.05) is 0 Å². The number of pyridine rings is 1. The van der Waals surface area contributed by atoms with Gasteiger partial charge in [0.1, 0.15) is 12.4 Å². The summed E-state index contributed by atoms with van der Waals surface area (Å²) in [5.41, 5.74) is 5.69. The van der Waals surface area contributed by atoms with Crippen molar-refractivity contribution in [3.8, 4) is 0 Å². The molecule has 0 saturated carbocycles. The zero-order chi connectivity index (χ0) is 14.5. The lowest BCUT2D eigenvalue weighted by molar-refractivity contribution is -0.144. The van der Waals surface area contributed by atoms with Crippen molar-refractivity contribution in [2.24, 2.45) is 7.05 Å². The number of nitrogen functional groups attached to an aromatic ring is 1. The lowest BCUT2D eigenvalue weighted by Gasteiger charge is -2.07. The SMILES string of the molecule is Cn1ccnc1CCOC(=O)Cn1cc(N)ccc1=O. The average molecular weight is 276 g/mol. The van der Waals surface area contributed by atoms with Crippen molar-refractivity contribution in [2.75, 3.05) is 12.3 Å². The van der Waals surface area contributed by atoms with Gasteiger partial charge in [-0.2, -0.15) is 0 Å². The highest BCUT2D eigenvalue weighted by Gasteiger charge is 2.07. The van der Waals surface area contributed by atoms with Crippen LogP contribution in [0.25, 0.3) is 0 Å². The number of aromatic nitrogens is 3. The Kier molecular flexibility index (Phi) is 4.19. The monoisotopic (exact) mass is 276 g/mol. The van der Waals surface area contributed by atoms with E-state index in [1.54, 1.807) is 6.20 Å². The van der Waals surface area contributed by atoms with E-state index in [9.17, 15) is 9.59 Å². The molecule has 0 spiro atoms. The number of esters is 1. The molecule has 0 radical (unpaired) electrons. The van der Waals surface area contributed by atoms with Gasteiger partial charge in [0.05, 0.1) is 6.61 Å². The number of aryl methyl sites for hydroxylation is 1. The average Bonchev–Trinajstić information content (AvgIpc) is 2.80. The van der Waals surface area contributed by atoms with Gasteiger partial charge in [-0.05, 0) is 6.07 Å². The third kappa shape index (κ3) is 3.47. The van der Waals surface area contributed by atoms with Crippen molar-refractivity contribution < 1.29 is 9.53 Å². The maximum Gasteiger partial charge on any atom is 0.326 e. The van der Waals surface area contributed by atoms with Crippen LogP contribution < -0.4 is 11.3 Å². The molecule has 0 aliphatic rings. The fraction of sp³-hybridized carbons (Fsp3) is 0.308. The maximum absolute atomic E-state index is 11.6. The van der Waals surface area contributed by atoms with Crippen molar-refractivity contribution >= 4 is 11.7 Å². The number of nitrogens with zero attached hydrogens (tertiary/aromatic N) is 3. The molecule has 0 bridgehead atoms. The Morgan fingerprint density at radius 1 is 1.45 bits per heavy atom. The van der Waals surface area contributed by atoms with Crippen LogP contribution in [0.1, 0.15) is 5.82 Å². The summed E-state index contributed by atoms with van der Waals surface area (Å²) in [5, 5.41) is 0. The second kappa shape index (κ2) is 6.05. The number of carbonyl (C=O) groups is 1. The minimum Gasteiger partial charge on any atom is -0.464 e. The molecule has 20 heavy (non-hydrogen) atoms. The molecule has 7 heteroatoms. The Labute approximate surface area is 115 Å². The lowest BCUT2D eigenvalue weighted by atomic mass is 10.4. The molecule has 106 valence electrons. The van der Waals surface area contributed by atoms with Gasteiger partial charge in [0.2, 0.25) is 0 Å². The summed E-state index contributed by atoms with van der Waals surface area (Å²) in [4.78, 5) is 27.3. The van der Waals surface area contributed by atoms with Crippen LogP contribution in [0.2, 0.25) is 0 Å². The normalized spacial score (nSPS) is 10.4. The molecule has 2 aromatic heterocycles. The predicted molar refractivity (Wildman–Crippen MR) is 73.0 cm³/mol. The highest BCUT2D eigenvalue weighted by Crippen LogP contribution is 1.98. The number of hydrogen-bond acceptors (Lipinski definition) is 5. The van der Waals surface area contributed by atoms with Crippen molar-refractivity contribution in [1.29, 1.82) is 0 Å². The van der Waals surface area contributed by atoms with Gasteiger partial charge in [-0.15, -0.1) is 0 Å². The molecule has 0 fully saturated rings. The molecule has 2 N–H and O–H groups in total. The fourth-order valence-electron chi connectivity index (χ4n) is 1.75. The summed E-state index contributed by atoms with van der Waals surface area (Å²) in [5.74, 6) is 0.353. The number of anilines is 1. The molecule has 0 atom stereocenters. The minimum absolute atomic E-state index is 0.148. The molecule has 2 aromatic rings. The van der Waals surface area contributed by atoms with Crippen LogP contribution in [0.15, 0.2) is 35.5 Å². The predicted octanol–water partition coefficient (Wildman–Crippen LogP) is -0.0501. The van der Waals surface area contributed by atoms with Crippen LogP contribution in [0.3, 0.4) is 0 Å². The molecule has 0 saturated heterocycles. The molecule has 0 amide bonds. The van der Waals surface area contributed by atoms with Gasteiger partial charge in [0, 0.05) is 43.8 Å². The summed E-state index contributed by atoms with van der Waals surface area (Å²) >= 11 is 0.